The minimum absolute atomic E-state index is 0.315. The third-order valence-electron chi connectivity index (χ3n) is 1.74. The van der Waals surface area contributed by atoms with Crippen LogP contribution in [0.5, 0.6) is 0 Å². The summed E-state index contributed by atoms with van der Waals surface area (Å²) >= 11 is 0. The molecule has 2 aromatic heterocycles. The van der Waals surface area contributed by atoms with Crippen molar-refractivity contribution in [3.63, 3.8) is 0 Å². The topological polar surface area (TPSA) is 90.9 Å². The van der Waals surface area contributed by atoms with Gasteiger partial charge >= 0.3 is 0 Å². The Labute approximate surface area is 89.1 Å². The van der Waals surface area contributed by atoms with E-state index in [4.69, 9.17) is 10.7 Å². The van der Waals surface area contributed by atoms with E-state index in [2.05, 4.69) is 19.9 Å². The zero-order chi connectivity index (χ0) is 11.1. The molecule has 0 aromatic carbocycles. The molecule has 0 aliphatic rings. The van der Waals surface area contributed by atoms with E-state index in [0.29, 0.717) is 11.4 Å². The molecule has 9 heteroatoms. The van der Waals surface area contributed by atoms with Crippen molar-refractivity contribution >= 4 is 19.7 Å². The highest BCUT2D eigenvalue weighted by Crippen LogP contribution is 2.19. The first-order chi connectivity index (χ1) is 7.00. The zero-order valence-electron chi connectivity index (χ0n) is 7.45. The molecule has 0 N–H and O–H groups in total. The lowest BCUT2D eigenvalue weighted by Crippen LogP contribution is -2.02. The molecule has 7 nitrogen and oxygen atoms in total. The standard InChI is InChI=1S/C6H5ClN4O3S/c1-11-5(4-2-8-14-3-4)9-10-6(11)15(7,12)13/h2-3H,1H3. The summed E-state index contributed by atoms with van der Waals surface area (Å²) in [6.07, 6.45) is 2.73. The van der Waals surface area contributed by atoms with Gasteiger partial charge in [0.2, 0.25) is 0 Å². The van der Waals surface area contributed by atoms with Crippen LogP contribution in [0.4, 0.5) is 0 Å². The van der Waals surface area contributed by atoms with Gasteiger partial charge in [0.25, 0.3) is 14.2 Å². The summed E-state index contributed by atoms with van der Waals surface area (Å²) in [5, 5.41) is 10.3. The lowest BCUT2D eigenvalue weighted by atomic mass is 10.3. The highest BCUT2D eigenvalue weighted by Gasteiger charge is 2.21. The van der Waals surface area contributed by atoms with Crippen molar-refractivity contribution in [1.29, 1.82) is 0 Å². The molecule has 2 rings (SSSR count). The van der Waals surface area contributed by atoms with Gasteiger partial charge in [0.05, 0.1) is 11.8 Å². The Balaban J connectivity index is 2.60. The van der Waals surface area contributed by atoms with Crippen LogP contribution in [0.3, 0.4) is 0 Å². The first kappa shape index (κ1) is 10.1. The van der Waals surface area contributed by atoms with Crippen LogP contribution in [0.25, 0.3) is 11.4 Å². The monoisotopic (exact) mass is 248 g/mol. The average Bonchev–Trinajstić information content (AvgIpc) is 2.69. The Bertz CT molecular complexity index is 574. The SMILES string of the molecule is Cn1c(-c2cnoc2)nnc1S(=O)(=O)Cl. The second-order valence-corrected chi connectivity index (χ2v) is 5.18. The van der Waals surface area contributed by atoms with Crippen molar-refractivity contribution in [3.05, 3.63) is 12.5 Å². The molecule has 0 aliphatic carbocycles. The molecule has 0 saturated heterocycles. The number of hydrogen-bond donors (Lipinski definition) is 0. The van der Waals surface area contributed by atoms with Gasteiger partial charge in [-0.05, 0) is 0 Å². The van der Waals surface area contributed by atoms with Gasteiger partial charge in [-0.2, -0.15) is 0 Å². The molecule has 0 aliphatic heterocycles. The summed E-state index contributed by atoms with van der Waals surface area (Å²) in [4.78, 5) is 0. The molecule has 0 amide bonds. The van der Waals surface area contributed by atoms with Crippen molar-refractivity contribution in [2.24, 2.45) is 7.05 Å². The fourth-order valence-corrected chi connectivity index (χ4v) is 2.05. The minimum atomic E-state index is -3.89. The Morgan fingerprint density at radius 3 is 2.67 bits per heavy atom. The van der Waals surface area contributed by atoms with Crippen LogP contribution in [-0.4, -0.2) is 28.3 Å². The molecule has 0 spiro atoms. The van der Waals surface area contributed by atoms with Crippen LogP contribution in [0.1, 0.15) is 0 Å². The van der Waals surface area contributed by atoms with Crippen molar-refractivity contribution in [2.45, 2.75) is 5.16 Å². The van der Waals surface area contributed by atoms with Gasteiger partial charge in [-0.15, -0.1) is 10.2 Å². The second kappa shape index (κ2) is 3.31. The smallest absolute Gasteiger partial charge is 0.296 e. The molecule has 2 heterocycles. The normalized spacial score (nSPS) is 11.9. The zero-order valence-corrected chi connectivity index (χ0v) is 9.03. The minimum Gasteiger partial charge on any atom is -0.364 e. The maximum Gasteiger partial charge on any atom is 0.296 e. The first-order valence-corrected chi connectivity index (χ1v) is 6.05. The van der Waals surface area contributed by atoms with Gasteiger partial charge in [0.1, 0.15) is 6.26 Å². The van der Waals surface area contributed by atoms with Crippen molar-refractivity contribution in [3.8, 4) is 11.4 Å². The predicted octanol–water partition coefficient (Wildman–Crippen LogP) is 0.398. The van der Waals surface area contributed by atoms with Gasteiger partial charge < -0.3 is 4.52 Å². The molecule has 80 valence electrons. The summed E-state index contributed by atoms with van der Waals surface area (Å²) in [6.45, 7) is 0. The molecule has 0 fully saturated rings. The molecule has 0 bridgehead atoms. The molecule has 0 unspecified atom stereocenters. The van der Waals surface area contributed by atoms with Crippen molar-refractivity contribution < 1.29 is 12.9 Å². The highest BCUT2D eigenvalue weighted by molar-refractivity contribution is 8.13. The molecule has 0 radical (unpaired) electrons. The van der Waals surface area contributed by atoms with Crippen LogP contribution in [0.2, 0.25) is 0 Å². The van der Waals surface area contributed by atoms with Gasteiger partial charge in [0, 0.05) is 17.7 Å². The maximum absolute atomic E-state index is 11.0. The number of nitrogens with zero attached hydrogens (tertiary/aromatic N) is 4. The predicted molar refractivity (Wildman–Crippen MR) is 49.5 cm³/mol. The lowest BCUT2D eigenvalue weighted by molar-refractivity contribution is 0.420. The second-order valence-electron chi connectivity index (χ2n) is 2.72. The Morgan fingerprint density at radius 1 is 1.47 bits per heavy atom. The van der Waals surface area contributed by atoms with Crippen LogP contribution in [-0.2, 0) is 16.1 Å². The van der Waals surface area contributed by atoms with E-state index in [1.807, 2.05) is 0 Å². The quantitative estimate of drug-likeness (QED) is 0.715. The first-order valence-electron chi connectivity index (χ1n) is 3.74. The third kappa shape index (κ3) is 1.73. The van der Waals surface area contributed by atoms with Crippen LogP contribution < -0.4 is 0 Å². The molecule has 15 heavy (non-hydrogen) atoms. The number of hydrogen-bond acceptors (Lipinski definition) is 6. The van der Waals surface area contributed by atoms with Gasteiger partial charge in [0.15, 0.2) is 5.82 Å². The van der Waals surface area contributed by atoms with Gasteiger partial charge in [-0.25, -0.2) is 8.42 Å². The molecular formula is C6H5ClN4O3S. The fraction of sp³-hybridized carbons (Fsp3) is 0.167. The van der Waals surface area contributed by atoms with Crippen LogP contribution in [0.15, 0.2) is 22.1 Å². The summed E-state index contributed by atoms with van der Waals surface area (Å²) in [6, 6.07) is 0. The van der Waals surface area contributed by atoms with E-state index in [9.17, 15) is 8.42 Å². The Kier molecular flexibility index (Phi) is 2.24. The van der Waals surface area contributed by atoms with E-state index < -0.39 is 9.05 Å². The van der Waals surface area contributed by atoms with Gasteiger partial charge in [-0.3, -0.25) is 4.57 Å². The largest absolute Gasteiger partial charge is 0.364 e. The maximum atomic E-state index is 11.0. The van der Waals surface area contributed by atoms with E-state index in [1.54, 1.807) is 0 Å². The number of rotatable bonds is 2. The van der Waals surface area contributed by atoms with Crippen LogP contribution >= 0.6 is 10.7 Å². The summed E-state index contributed by atoms with van der Waals surface area (Å²) < 4.78 is 27.9. The summed E-state index contributed by atoms with van der Waals surface area (Å²) in [7, 11) is 2.74. The molecule has 0 atom stereocenters. The van der Waals surface area contributed by atoms with Crippen molar-refractivity contribution in [2.75, 3.05) is 0 Å². The van der Waals surface area contributed by atoms with Crippen LogP contribution in [0, 0.1) is 0 Å². The van der Waals surface area contributed by atoms with E-state index in [-0.39, 0.29) is 5.16 Å². The summed E-state index contributed by atoms with van der Waals surface area (Å²) in [5.74, 6) is 0.315. The third-order valence-corrected chi connectivity index (χ3v) is 2.95. The lowest BCUT2D eigenvalue weighted by Gasteiger charge is -1.97. The van der Waals surface area contributed by atoms with E-state index >= 15 is 0 Å². The Hall–Kier alpha value is -1.41. The average molecular weight is 249 g/mol. The van der Waals surface area contributed by atoms with E-state index in [0.717, 1.165) is 0 Å². The molecule has 0 saturated carbocycles. The number of halogens is 1. The fourth-order valence-electron chi connectivity index (χ4n) is 1.09. The number of aromatic nitrogens is 4. The van der Waals surface area contributed by atoms with Gasteiger partial charge in [-0.1, -0.05) is 5.16 Å². The molecular weight excluding hydrogens is 244 g/mol. The summed E-state index contributed by atoms with van der Waals surface area (Å²) in [5.41, 5.74) is 0.525. The highest BCUT2D eigenvalue weighted by atomic mass is 35.7. The Morgan fingerprint density at radius 2 is 2.20 bits per heavy atom. The molecule has 2 aromatic rings. The van der Waals surface area contributed by atoms with E-state index in [1.165, 1.54) is 24.1 Å². The van der Waals surface area contributed by atoms with Crippen molar-refractivity contribution in [1.82, 2.24) is 19.9 Å².